The van der Waals surface area contributed by atoms with Gasteiger partial charge in [-0.3, -0.25) is 0 Å². The van der Waals surface area contributed by atoms with Crippen LogP contribution in [0, 0.1) is 6.92 Å². The van der Waals surface area contributed by atoms with Gasteiger partial charge in [0.05, 0.1) is 0 Å². The van der Waals surface area contributed by atoms with Gasteiger partial charge in [-0.15, -0.1) is 23.7 Å². The van der Waals surface area contributed by atoms with Crippen molar-refractivity contribution < 1.29 is 0 Å². The first-order valence-corrected chi connectivity index (χ1v) is 5.47. The molecule has 0 bridgehead atoms. The fourth-order valence-electron chi connectivity index (χ4n) is 1.52. The number of thiophene rings is 1. The maximum Gasteiger partial charge on any atom is 0.0348 e. The van der Waals surface area contributed by atoms with Crippen molar-refractivity contribution in [1.82, 2.24) is 0 Å². The third-order valence-corrected chi connectivity index (χ3v) is 3.28. The highest BCUT2D eigenvalue weighted by molar-refractivity contribution is 7.15. The van der Waals surface area contributed by atoms with E-state index in [1.54, 1.807) is 0 Å². The first-order chi connectivity index (χ1) is 6.81. The summed E-state index contributed by atoms with van der Waals surface area (Å²) >= 11 is 1.81. The number of halogens is 1. The second kappa shape index (κ2) is 5.31. The average Bonchev–Trinajstić information content (AvgIpc) is 2.65. The van der Waals surface area contributed by atoms with E-state index in [2.05, 4.69) is 37.3 Å². The fourth-order valence-corrected chi connectivity index (χ4v) is 2.45. The first kappa shape index (κ1) is 12.2. The van der Waals surface area contributed by atoms with Crippen molar-refractivity contribution in [1.29, 1.82) is 0 Å². The summed E-state index contributed by atoms with van der Waals surface area (Å²) in [6.45, 7) is 2.73. The van der Waals surface area contributed by atoms with Crippen molar-refractivity contribution >= 4 is 23.7 Å². The van der Waals surface area contributed by atoms with Crippen LogP contribution >= 0.6 is 23.7 Å². The molecule has 2 aromatic rings. The summed E-state index contributed by atoms with van der Waals surface area (Å²) in [7, 11) is 0. The molecule has 0 unspecified atom stereocenters. The standard InChI is InChI=1S/C12H13NS.ClH/c1-9-6-7-12(14-9)11-5-3-2-4-10(11)8-13;/h2-7H,8,13H2,1H3;1H. The molecule has 0 saturated heterocycles. The summed E-state index contributed by atoms with van der Waals surface area (Å²) < 4.78 is 0. The van der Waals surface area contributed by atoms with Crippen LogP contribution in [0.2, 0.25) is 0 Å². The Morgan fingerprint density at radius 1 is 1.13 bits per heavy atom. The van der Waals surface area contributed by atoms with E-state index in [0.717, 1.165) is 0 Å². The van der Waals surface area contributed by atoms with E-state index in [1.807, 2.05) is 17.4 Å². The Balaban J connectivity index is 0.00000112. The van der Waals surface area contributed by atoms with E-state index in [1.165, 1.54) is 20.9 Å². The Labute approximate surface area is 100 Å². The van der Waals surface area contributed by atoms with Crippen LogP contribution in [-0.4, -0.2) is 0 Å². The molecule has 0 amide bonds. The molecule has 0 radical (unpaired) electrons. The molecule has 0 atom stereocenters. The molecule has 0 fully saturated rings. The number of nitrogens with two attached hydrogens (primary N) is 1. The van der Waals surface area contributed by atoms with Crippen molar-refractivity contribution in [3.05, 3.63) is 46.8 Å². The molecule has 0 aliphatic rings. The summed E-state index contributed by atoms with van der Waals surface area (Å²) in [4.78, 5) is 2.65. The predicted octanol–water partition coefficient (Wildman–Crippen LogP) is 3.60. The summed E-state index contributed by atoms with van der Waals surface area (Å²) in [6, 6.07) is 12.6. The number of rotatable bonds is 2. The summed E-state index contributed by atoms with van der Waals surface area (Å²) in [6.07, 6.45) is 0. The van der Waals surface area contributed by atoms with Crippen LogP contribution in [0.1, 0.15) is 10.4 Å². The normalized spacial score (nSPS) is 9.73. The number of benzene rings is 1. The van der Waals surface area contributed by atoms with Gasteiger partial charge in [-0.1, -0.05) is 24.3 Å². The van der Waals surface area contributed by atoms with E-state index in [0.29, 0.717) is 6.54 Å². The van der Waals surface area contributed by atoms with Crippen molar-refractivity contribution in [3.63, 3.8) is 0 Å². The molecule has 2 rings (SSSR count). The minimum absolute atomic E-state index is 0. The maximum atomic E-state index is 5.70. The van der Waals surface area contributed by atoms with Gasteiger partial charge in [0.1, 0.15) is 0 Å². The molecule has 3 heteroatoms. The van der Waals surface area contributed by atoms with Crippen LogP contribution in [0.15, 0.2) is 36.4 Å². The molecule has 0 aliphatic carbocycles. The van der Waals surface area contributed by atoms with Crippen LogP contribution in [0.4, 0.5) is 0 Å². The molecule has 15 heavy (non-hydrogen) atoms. The monoisotopic (exact) mass is 239 g/mol. The van der Waals surface area contributed by atoms with Crippen molar-refractivity contribution in [2.75, 3.05) is 0 Å². The highest BCUT2D eigenvalue weighted by atomic mass is 35.5. The van der Waals surface area contributed by atoms with Crippen LogP contribution in [0.5, 0.6) is 0 Å². The molecule has 1 aromatic carbocycles. The van der Waals surface area contributed by atoms with Gasteiger partial charge in [0.25, 0.3) is 0 Å². The van der Waals surface area contributed by atoms with E-state index >= 15 is 0 Å². The second-order valence-corrected chi connectivity index (χ2v) is 4.56. The van der Waals surface area contributed by atoms with Gasteiger partial charge >= 0.3 is 0 Å². The maximum absolute atomic E-state index is 5.70. The van der Waals surface area contributed by atoms with Crippen LogP contribution < -0.4 is 5.73 Å². The number of hydrogen-bond acceptors (Lipinski definition) is 2. The van der Waals surface area contributed by atoms with Crippen molar-refractivity contribution in [2.45, 2.75) is 13.5 Å². The smallest absolute Gasteiger partial charge is 0.0348 e. The molecule has 1 aromatic heterocycles. The van der Waals surface area contributed by atoms with Crippen LogP contribution in [0.3, 0.4) is 0 Å². The fraction of sp³-hybridized carbons (Fsp3) is 0.167. The zero-order valence-corrected chi connectivity index (χ0v) is 10.2. The number of hydrogen-bond donors (Lipinski definition) is 1. The van der Waals surface area contributed by atoms with Gasteiger partial charge in [-0.25, -0.2) is 0 Å². The Kier molecular flexibility index (Phi) is 4.33. The molecule has 1 heterocycles. The number of aryl methyl sites for hydroxylation is 1. The van der Waals surface area contributed by atoms with Gasteiger partial charge in [0.15, 0.2) is 0 Å². The third-order valence-electron chi connectivity index (χ3n) is 2.24. The lowest BCUT2D eigenvalue weighted by Crippen LogP contribution is -1.97. The van der Waals surface area contributed by atoms with Crippen molar-refractivity contribution in [3.8, 4) is 10.4 Å². The molecule has 0 spiro atoms. The van der Waals surface area contributed by atoms with Crippen LogP contribution in [0.25, 0.3) is 10.4 Å². The molecule has 0 aliphatic heterocycles. The Morgan fingerprint density at radius 2 is 1.87 bits per heavy atom. The summed E-state index contributed by atoms with van der Waals surface area (Å²) in [5.74, 6) is 0. The molecule has 0 saturated carbocycles. The average molecular weight is 240 g/mol. The Morgan fingerprint density at radius 3 is 2.47 bits per heavy atom. The third kappa shape index (κ3) is 2.59. The lowest BCUT2D eigenvalue weighted by atomic mass is 10.1. The van der Waals surface area contributed by atoms with Gasteiger partial charge in [-0.2, -0.15) is 0 Å². The SMILES string of the molecule is Cc1ccc(-c2ccccc2CN)s1.Cl. The minimum Gasteiger partial charge on any atom is -0.326 e. The molecule has 2 N–H and O–H groups in total. The summed E-state index contributed by atoms with van der Waals surface area (Å²) in [5, 5.41) is 0. The zero-order valence-electron chi connectivity index (χ0n) is 8.57. The predicted molar refractivity (Wildman–Crippen MR) is 69.6 cm³/mol. The van der Waals surface area contributed by atoms with Gasteiger partial charge in [0.2, 0.25) is 0 Å². The van der Waals surface area contributed by atoms with Gasteiger partial charge < -0.3 is 5.73 Å². The lowest BCUT2D eigenvalue weighted by Gasteiger charge is -2.04. The highest BCUT2D eigenvalue weighted by Crippen LogP contribution is 2.29. The zero-order chi connectivity index (χ0) is 9.97. The molecular weight excluding hydrogens is 226 g/mol. The van der Waals surface area contributed by atoms with Crippen molar-refractivity contribution in [2.24, 2.45) is 5.73 Å². The van der Waals surface area contributed by atoms with Gasteiger partial charge in [0, 0.05) is 16.3 Å². The topological polar surface area (TPSA) is 26.0 Å². The van der Waals surface area contributed by atoms with E-state index in [4.69, 9.17) is 5.73 Å². The lowest BCUT2D eigenvalue weighted by molar-refractivity contribution is 1.07. The minimum atomic E-state index is 0. The molecule has 80 valence electrons. The van der Waals surface area contributed by atoms with E-state index in [9.17, 15) is 0 Å². The quantitative estimate of drug-likeness (QED) is 0.852. The summed E-state index contributed by atoms with van der Waals surface area (Å²) in [5.41, 5.74) is 8.19. The van der Waals surface area contributed by atoms with Gasteiger partial charge in [-0.05, 0) is 30.2 Å². The molecular formula is C12H14ClNS. The Bertz CT molecular complexity index is 437. The van der Waals surface area contributed by atoms with E-state index < -0.39 is 0 Å². The Hall–Kier alpha value is -0.830. The second-order valence-electron chi connectivity index (χ2n) is 3.27. The highest BCUT2D eigenvalue weighted by Gasteiger charge is 2.04. The largest absolute Gasteiger partial charge is 0.326 e. The molecule has 1 nitrogen and oxygen atoms in total. The first-order valence-electron chi connectivity index (χ1n) is 4.66. The van der Waals surface area contributed by atoms with E-state index in [-0.39, 0.29) is 12.4 Å². The van der Waals surface area contributed by atoms with Crippen LogP contribution in [-0.2, 0) is 6.54 Å².